The molecule has 0 saturated carbocycles. The highest BCUT2D eigenvalue weighted by molar-refractivity contribution is 5.80. The molecule has 0 spiro atoms. The molecule has 120 valence electrons. The molecule has 0 unspecified atom stereocenters. The van der Waals surface area contributed by atoms with Gasteiger partial charge in [-0.05, 0) is 18.2 Å². The summed E-state index contributed by atoms with van der Waals surface area (Å²) < 4.78 is 29.8. The minimum absolute atomic E-state index is 0.0294. The lowest BCUT2D eigenvalue weighted by Gasteiger charge is -2.07. The van der Waals surface area contributed by atoms with Gasteiger partial charge in [-0.2, -0.15) is 0 Å². The second-order valence-corrected chi connectivity index (χ2v) is 5.30. The largest absolute Gasteiger partial charge is 0.330 e. The Morgan fingerprint density at radius 2 is 1.79 bits per heavy atom. The smallest absolute Gasteiger partial charge is 0.304 e. The van der Waals surface area contributed by atoms with Gasteiger partial charge in [0.1, 0.15) is 11.6 Å². The number of hydrogen-bond acceptors (Lipinski definition) is 3. The van der Waals surface area contributed by atoms with E-state index in [1.54, 1.807) is 28.8 Å². The van der Waals surface area contributed by atoms with Crippen molar-refractivity contribution in [1.29, 1.82) is 0 Å². The van der Waals surface area contributed by atoms with E-state index in [9.17, 15) is 18.4 Å². The molecule has 6 nitrogen and oxygen atoms in total. The molecule has 0 aliphatic heterocycles. The monoisotopic (exact) mass is 328 g/mol. The van der Waals surface area contributed by atoms with Crippen LogP contribution in [0.15, 0.2) is 52.1 Å². The van der Waals surface area contributed by atoms with Gasteiger partial charge in [0.15, 0.2) is 0 Å². The number of hydrogen-bond donors (Lipinski definition) is 1. The van der Waals surface area contributed by atoms with Crippen LogP contribution in [-0.2, 0) is 6.54 Å². The molecular formula is C16H10F2N4O2. The van der Waals surface area contributed by atoms with Crippen molar-refractivity contribution in [2.75, 3.05) is 0 Å². The molecule has 0 amide bonds. The van der Waals surface area contributed by atoms with Crippen LogP contribution in [0, 0.1) is 11.6 Å². The highest BCUT2D eigenvalue weighted by Gasteiger charge is 2.16. The van der Waals surface area contributed by atoms with Crippen molar-refractivity contribution in [3.05, 3.63) is 80.4 Å². The molecule has 0 saturated heterocycles. The molecular weight excluding hydrogens is 318 g/mol. The van der Waals surface area contributed by atoms with Gasteiger partial charge in [0.2, 0.25) is 5.78 Å². The van der Waals surface area contributed by atoms with Crippen molar-refractivity contribution in [3.63, 3.8) is 0 Å². The second kappa shape index (κ2) is 5.12. The van der Waals surface area contributed by atoms with Crippen LogP contribution in [0.3, 0.4) is 0 Å². The van der Waals surface area contributed by atoms with Gasteiger partial charge >= 0.3 is 11.1 Å². The van der Waals surface area contributed by atoms with Gasteiger partial charge in [-0.15, -0.1) is 5.10 Å². The summed E-state index contributed by atoms with van der Waals surface area (Å²) >= 11 is 0. The molecule has 2 aromatic carbocycles. The predicted octanol–water partition coefficient (Wildman–Crippen LogP) is 1.66. The summed E-state index contributed by atoms with van der Waals surface area (Å²) in [6.07, 6.45) is 0. The molecule has 0 bridgehead atoms. The number of fused-ring (bicyclic) bond motifs is 3. The third-order valence-electron chi connectivity index (χ3n) is 3.85. The molecule has 0 aliphatic carbocycles. The number of para-hydroxylation sites is 2. The quantitative estimate of drug-likeness (QED) is 0.569. The maximum Gasteiger partial charge on any atom is 0.330 e. The fraction of sp³-hybridized carbons (Fsp3) is 0.0625. The number of rotatable bonds is 2. The first-order valence-electron chi connectivity index (χ1n) is 7.09. The topological polar surface area (TPSA) is 72.2 Å². The van der Waals surface area contributed by atoms with Gasteiger partial charge in [-0.25, -0.2) is 18.3 Å². The minimum atomic E-state index is -0.844. The van der Waals surface area contributed by atoms with Crippen molar-refractivity contribution >= 4 is 16.8 Å². The number of aromatic nitrogens is 4. The lowest BCUT2D eigenvalue weighted by molar-refractivity contribution is 0.568. The maximum atomic E-state index is 14.0. The van der Waals surface area contributed by atoms with E-state index >= 15 is 0 Å². The Hall–Kier alpha value is -3.29. The molecule has 0 radical (unpaired) electrons. The van der Waals surface area contributed by atoms with Crippen LogP contribution in [0.5, 0.6) is 0 Å². The molecule has 4 rings (SSSR count). The van der Waals surface area contributed by atoms with E-state index in [4.69, 9.17) is 0 Å². The molecule has 4 aromatic rings. The minimum Gasteiger partial charge on any atom is -0.304 e. The standard InChI is InChI=1S/C16H10F2N4O2/c17-10-6-5-9(11(18)7-10)8-21-12-3-1-2-4-13(12)22-15(24)14(23)19-20-16(21)22/h1-7H,8H2,(H,19,23). The number of halogens is 2. The highest BCUT2D eigenvalue weighted by Crippen LogP contribution is 2.20. The maximum absolute atomic E-state index is 14.0. The summed E-state index contributed by atoms with van der Waals surface area (Å²) in [4.78, 5) is 23.7. The first-order chi connectivity index (χ1) is 11.6. The lowest BCUT2D eigenvalue weighted by Crippen LogP contribution is -2.33. The molecule has 2 aromatic heterocycles. The van der Waals surface area contributed by atoms with Crippen LogP contribution < -0.4 is 11.1 Å². The van der Waals surface area contributed by atoms with E-state index in [1.165, 1.54) is 10.5 Å². The summed E-state index contributed by atoms with van der Waals surface area (Å²) in [6.45, 7) is 0.0294. The Balaban J connectivity index is 2.05. The van der Waals surface area contributed by atoms with Crippen molar-refractivity contribution in [2.45, 2.75) is 6.54 Å². The van der Waals surface area contributed by atoms with Crippen molar-refractivity contribution < 1.29 is 8.78 Å². The van der Waals surface area contributed by atoms with Gasteiger partial charge in [-0.1, -0.05) is 18.2 Å². The number of nitrogens with zero attached hydrogens (tertiary/aromatic N) is 3. The van der Waals surface area contributed by atoms with Crippen molar-refractivity contribution in [1.82, 2.24) is 19.2 Å². The predicted molar refractivity (Wildman–Crippen MR) is 83.0 cm³/mol. The lowest BCUT2D eigenvalue weighted by atomic mass is 10.2. The summed E-state index contributed by atoms with van der Waals surface area (Å²) in [5.41, 5.74) is -0.290. The summed E-state index contributed by atoms with van der Waals surface area (Å²) in [5.74, 6) is -1.20. The molecule has 24 heavy (non-hydrogen) atoms. The Kier molecular flexibility index (Phi) is 3.05. The third-order valence-corrected chi connectivity index (χ3v) is 3.85. The SMILES string of the molecule is O=c1[nH]nc2n(Cc3ccc(F)cc3F)c3ccccc3n2c1=O. The fourth-order valence-corrected chi connectivity index (χ4v) is 2.75. The third kappa shape index (κ3) is 2.03. The summed E-state index contributed by atoms with van der Waals surface area (Å²) in [7, 11) is 0. The highest BCUT2D eigenvalue weighted by atomic mass is 19.1. The zero-order valence-corrected chi connectivity index (χ0v) is 12.2. The molecule has 2 heterocycles. The fourth-order valence-electron chi connectivity index (χ4n) is 2.75. The van der Waals surface area contributed by atoms with Crippen LogP contribution in [0.4, 0.5) is 8.78 Å². The molecule has 0 atom stereocenters. The van der Waals surface area contributed by atoms with E-state index < -0.39 is 22.8 Å². The average molecular weight is 328 g/mol. The van der Waals surface area contributed by atoms with Gasteiger partial charge in [0, 0.05) is 11.6 Å². The number of benzene rings is 2. The summed E-state index contributed by atoms with van der Waals surface area (Å²) in [5, 5.41) is 6.05. The first-order valence-corrected chi connectivity index (χ1v) is 7.09. The zero-order valence-electron chi connectivity index (χ0n) is 12.2. The van der Waals surface area contributed by atoms with Crippen molar-refractivity contribution in [3.8, 4) is 0 Å². The van der Waals surface area contributed by atoms with E-state index in [0.717, 1.165) is 12.1 Å². The number of imidazole rings is 1. The van der Waals surface area contributed by atoms with E-state index in [2.05, 4.69) is 10.2 Å². The number of H-pyrrole nitrogens is 1. The molecule has 0 fully saturated rings. The van der Waals surface area contributed by atoms with Crippen molar-refractivity contribution in [2.24, 2.45) is 0 Å². The van der Waals surface area contributed by atoms with Crippen LogP contribution in [0.25, 0.3) is 16.8 Å². The van der Waals surface area contributed by atoms with Gasteiger partial charge in [0.05, 0.1) is 17.6 Å². The van der Waals surface area contributed by atoms with E-state index in [1.807, 2.05) is 0 Å². The first kappa shape index (κ1) is 14.3. The summed E-state index contributed by atoms with van der Waals surface area (Å²) in [6, 6.07) is 10.2. The Morgan fingerprint density at radius 1 is 1.04 bits per heavy atom. The zero-order chi connectivity index (χ0) is 16.8. The van der Waals surface area contributed by atoms with Gasteiger partial charge < -0.3 is 4.57 Å². The normalized spacial score (nSPS) is 11.4. The van der Waals surface area contributed by atoms with Crippen LogP contribution in [-0.4, -0.2) is 19.2 Å². The Morgan fingerprint density at radius 3 is 2.54 bits per heavy atom. The molecule has 0 aliphatic rings. The Bertz CT molecular complexity index is 1210. The van der Waals surface area contributed by atoms with E-state index in [-0.39, 0.29) is 17.9 Å². The van der Waals surface area contributed by atoms with E-state index in [0.29, 0.717) is 11.0 Å². The number of nitrogens with one attached hydrogen (secondary N) is 1. The molecule has 8 heteroatoms. The van der Waals surface area contributed by atoms with Crippen LogP contribution in [0.1, 0.15) is 5.56 Å². The van der Waals surface area contributed by atoms with Crippen LogP contribution >= 0.6 is 0 Å². The Labute approximate surface area is 132 Å². The second-order valence-electron chi connectivity index (χ2n) is 5.30. The van der Waals surface area contributed by atoms with Gasteiger partial charge in [-0.3, -0.25) is 9.59 Å². The average Bonchev–Trinajstić information content (AvgIpc) is 2.88. The van der Waals surface area contributed by atoms with Gasteiger partial charge in [0.25, 0.3) is 0 Å². The number of aromatic amines is 1. The van der Waals surface area contributed by atoms with Crippen LogP contribution in [0.2, 0.25) is 0 Å². The molecule has 1 N–H and O–H groups in total.